The van der Waals surface area contributed by atoms with Crippen LogP contribution in [0.5, 0.6) is 5.75 Å². The van der Waals surface area contributed by atoms with E-state index in [-0.39, 0.29) is 18.2 Å². The molecule has 0 saturated carbocycles. The van der Waals surface area contributed by atoms with E-state index in [0.717, 1.165) is 0 Å². The summed E-state index contributed by atoms with van der Waals surface area (Å²) in [5, 5.41) is -0.690. The normalized spacial score (nSPS) is 17.8. The van der Waals surface area contributed by atoms with Gasteiger partial charge in [0.1, 0.15) is 12.3 Å². The standard InChI is InChI=1S/C17H20ClNO5/c1-4-7-23-15(20)9-19-13-8-12(16(21)10(2)18)5-6-14(13)24-11(3)17(19)22/h5-6,8,10-11H,4,7,9H2,1-3H3. The van der Waals surface area contributed by atoms with Crippen LogP contribution in [-0.2, 0) is 14.3 Å². The number of carbonyl (C=O) groups excluding carboxylic acids is 3. The molecule has 1 aliphatic rings. The van der Waals surface area contributed by atoms with Gasteiger partial charge in [-0.15, -0.1) is 11.6 Å². The van der Waals surface area contributed by atoms with Gasteiger partial charge >= 0.3 is 5.97 Å². The molecule has 24 heavy (non-hydrogen) atoms. The monoisotopic (exact) mass is 353 g/mol. The van der Waals surface area contributed by atoms with Gasteiger partial charge in [0.15, 0.2) is 11.9 Å². The maximum atomic E-state index is 12.4. The number of benzene rings is 1. The Hall–Kier alpha value is -2.08. The van der Waals surface area contributed by atoms with Gasteiger partial charge in [-0.3, -0.25) is 19.3 Å². The molecule has 0 aromatic heterocycles. The lowest BCUT2D eigenvalue weighted by atomic mass is 10.1. The Balaban J connectivity index is 2.34. The summed E-state index contributed by atoms with van der Waals surface area (Å²) in [5.74, 6) is -0.699. The molecule has 0 fully saturated rings. The minimum atomic E-state index is -0.718. The average molecular weight is 354 g/mol. The number of ketones is 1. The van der Waals surface area contributed by atoms with Crippen LogP contribution in [0.15, 0.2) is 18.2 Å². The molecule has 0 spiro atoms. The van der Waals surface area contributed by atoms with Crippen LogP contribution in [0.4, 0.5) is 5.69 Å². The molecule has 6 nitrogen and oxygen atoms in total. The Bertz CT molecular complexity index is 658. The van der Waals surface area contributed by atoms with Crippen LogP contribution in [0.2, 0.25) is 0 Å². The Morgan fingerprint density at radius 2 is 2.12 bits per heavy atom. The maximum Gasteiger partial charge on any atom is 0.326 e. The van der Waals surface area contributed by atoms with Crippen molar-refractivity contribution in [3.05, 3.63) is 23.8 Å². The predicted molar refractivity (Wildman–Crippen MR) is 89.8 cm³/mol. The molecular formula is C17H20ClNO5. The van der Waals surface area contributed by atoms with Gasteiger partial charge in [-0.05, 0) is 38.5 Å². The number of Topliss-reactive ketones (excluding diaryl/α,β-unsaturated/α-hetero) is 1. The zero-order valence-electron chi connectivity index (χ0n) is 13.9. The Morgan fingerprint density at radius 1 is 1.42 bits per heavy atom. The van der Waals surface area contributed by atoms with Crippen molar-refractivity contribution in [1.82, 2.24) is 0 Å². The number of amides is 1. The summed E-state index contributed by atoms with van der Waals surface area (Å²) in [6.45, 7) is 5.13. The molecule has 1 heterocycles. The molecule has 130 valence electrons. The minimum Gasteiger partial charge on any atom is -0.479 e. The Kier molecular flexibility index (Phi) is 5.83. The summed E-state index contributed by atoms with van der Waals surface area (Å²) in [7, 11) is 0. The fourth-order valence-corrected chi connectivity index (χ4v) is 2.47. The van der Waals surface area contributed by atoms with Crippen molar-refractivity contribution >= 4 is 34.9 Å². The number of hydrogen-bond donors (Lipinski definition) is 0. The number of esters is 1. The SMILES string of the molecule is CCCOC(=O)CN1C(=O)C(C)Oc2ccc(C(=O)C(C)Cl)cc21. The first-order valence-corrected chi connectivity index (χ1v) is 8.24. The number of nitrogens with zero attached hydrogens (tertiary/aromatic N) is 1. The van der Waals surface area contributed by atoms with Crippen LogP contribution < -0.4 is 9.64 Å². The fraction of sp³-hybridized carbons (Fsp3) is 0.471. The van der Waals surface area contributed by atoms with E-state index in [9.17, 15) is 14.4 Å². The molecule has 2 rings (SSSR count). The fourth-order valence-electron chi connectivity index (χ4n) is 2.34. The number of ether oxygens (including phenoxy) is 2. The zero-order valence-corrected chi connectivity index (χ0v) is 14.6. The van der Waals surface area contributed by atoms with Crippen molar-refractivity contribution in [2.24, 2.45) is 0 Å². The van der Waals surface area contributed by atoms with E-state index in [1.54, 1.807) is 26.0 Å². The smallest absolute Gasteiger partial charge is 0.326 e. The molecule has 2 atom stereocenters. The van der Waals surface area contributed by atoms with E-state index in [1.807, 2.05) is 6.92 Å². The second-order valence-electron chi connectivity index (χ2n) is 5.57. The summed E-state index contributed by atoms with van der Waals surface area (Å²) in [6, 6.07) is 4.72. The zero-order chi connectivity index (χ0) is 17.9. The second kappa shape index (κ2) is 7.66. The molecule has 1 amide bonds. The highest BCUT2D eigenvalue weighted by atomic mass is 35.5. The van der Waals surface area contributed by atoms with Gasteiger partial charge in [-0.25, -0.2) is 0 Å². The summed E-state index contributed by atoms with van der Waals surface area (Å²) >= 11 is 5.84. The van der Waals surface area contributed by atoms with Gasteiger partial charge in [-0.1, -0.05) is 6.92 Å². The Morgan fingerprint density at radius 3 is 2.75 bits per heavy atom. The van der Waals surface area contributed by atoms with Crippen molar-refractivity contribution in [2.75, 3.05) is 18.1 Å². The summed E-state index contributed by atoms with van der Waals surface area (Å²) in [5.41, 5.74) is 0.726. The highest BCUT2D eigenvalue weighted by Gasteiger charge is 2.33. The summed E-state index contributed by atoms with van der Waals surface area (Å²) in [6.07, 6.45) is -0.0211. The molecule has 1 aromatic carbocycles. The third kappa shape index (κ3) is 3.87. The van der Waals surface area contributed by atoms with E-state index in [2.05, 4.69) is 0 Å². The number of hydrogen-bond acceptors (Lipinski definition) is 5. The van der Waals surface area contributed by atoms with E-state index in [4.69, 9.17) is 21.1 Å². The number of halogens is 1. The van der Waals surface area contributed by atoms with Crippen LogP contribution in [0, 0.1) is 0 Å². The molecule has 1 aromatic rings. The van der Waals surface area contributed by atoms with E-state index < -0.39 is 17.5 Å². The number of fused-ring (bicyclic) bond motifs is 1. The Labute approximate surface area is 145 Å². The minimum absolute atomic E-state index is 0.229. The number of rotatable bonds is 6. The third-order valence-electron chi connectivity index (χ3n) is 3.57. The van der Waals surface area contributed by atoms with Crippen molar-refractivity contribution in [2.45, 2.75) is 38.7 Å². The van der Waals surface area contributed by atoms with E-state index in [0.29, 0.717) is 30.0 Å². The molecule has 0 aliphatic carbocycles. The molecule has 1 aliphatic heterocycles. The first kappa shape index (κ1) is 18.3. The van der Waals surface area contributed by atoms with Gasteiger partial charge < -0.3 is 9.47 Å². The molecular weight excluding hydrogens is 334 g/mol. The van der Waals surface area contributed by atoms with Gasteiger partial charge in [0, 0.05) is 5.56 Å². The molecule has 0 radical (unpaired) electrons. The van der Waals surface area contributed by atoms with Gasteiger partial charge in [-0.2, -0.15) is 0 Å². The first-order chi connectivity index (χ1) is 11.3. The lowest BCUT2D eigenvalue weighted by Gasteiger charge is -2.32. The van der Waals surface area contributed by atoms with Crippen LogP contribution in [0.25, 0.3) is 0 Å². The molecule has 2 unspecified atom stereocenters. The maximum absolute atomic E-state index is 12.4. The van der Waals surface area contributed by atoms with Gasteiger partial charge in [0.2, 0.25) is 0 Å². The largest absolute Gasteiger partial charge is 0.479 e. The summed E-state index contributed by atoms with van der Waals surface area (Å²) < 4.78 is 10.6. The number of carbonyl (C=O) groups is 3. The topological polar surface area (TPSA) is 72.9 Å². The number of anilines is 1. The van der Waals surface area contributed by atoms with E-state index >= 15 is 0 Å². The molecule has 0 bridgehead atoms. The highest BCUT2D eigenvalue weighted by Crippen LogP contribution is 2.35. The van der Waals surface area contributed by atoms with Gasteiger partial charge in [0.25, 0.3) is 5.91 Å². The van der Waals surface area contributed by atoms with Crippen molar-refractivity contribution in [3.63, 3.8) is 0 Å². The lowest BCUT2D eigenvalue weighted by molar-refractivity contribution is -0.143. The highest BCUT2D eigenvalue weighted by molar-refractivity contribution is 6.33. The van der Waals surface area contributed by atoms with E-state index in [1.165, 1.54) is 11.0 Å². The van der Waals surface area contributed by atoms with Crippen molar-refractivity contribution in [1.29, 1.82) is 0 Å². The lowest BCUT2D eigenvalue weighted by Crippen LogP contribution is -2.47. The van der Waals surface area contributed by atoms with Crippen molar-refractivity contribution in [3.8, 4) is 5.75 Å². The average Bonchev–Trinajstić information content (AvgIpc) is 2.56. The van der Waals surface area contributed by atoms with Crippen LogP contribution in [0.3, 0.4) is 0 Å². The van der Waals surface area contributed by atoms with Crippen LogP contribution in [0.1, 0.15) is 37.6 Å². The second-order valence-corrected chi connectivity index (χ2v) is 6.22. The van der Waals surface area contributed by atoms with Crippen LogP contribution in [-0.4, -0.2) is 42.3 Å². The quantitative estimate of drug-likeness (QED) is 0.446. The van der Waals surface area contributed by atoms with Crippen LogP contribution >= 0.6 is 11.6 Å². The number of alkyl halides is 1. The first-order valence-electron chi connectivity index (χ1n) is 7.81. The summed E-state index contributed by atoms with van der Waals surface area (Å²) in [4.78, 5) is 37.7. The third-order valence-corrected chi connectivity index (χ3v) is 3.77. The molecule has 7 heteroatoms. The van der Waals surface area contributed by atoms with Gasteiger partial charge in [0.05, 0.1) is 17.7 Å². The van der Waals surface area contributed by atoms with Crippen molar-refractivity contribution < 1.29 is 23.9 Å². The molecule has 0 saturated heterocycles. The predicted octanol–water partition coefficient (Wildman–Crippen LogP) is 2.56. The molecule has 0 N–H and O–H groups in total.